The normalized spacial score (nSPS) is 28.4. The topological polar surface area (TPSA) is 50.4 Å². The van der Waals surface area contributed by atoms with Gasteiger partial charge in [-0.05, 0) is 56.2 Å². The molecule has 1 aromatic rings. The second-order valence-electron chi connectivity index (χ2n) is 7.24. The molecule has 1 amide bonds. The second-order valence-corrected chi connectivity index (χ2v) is 7.68. The van der Waals surface area contributed by atoms with Crippen molar-refractivity contribution in [3.8, 4) is 0 Å². The molecule has 2 N–H and O–H groups in total. The Labute approximate surface area is 149 Å². The van der Waals surface area contributed by atoms with Crippen molar-refractivity contribution in [3.63, 3.8) is 0 Å². The van der Waals surface area contributed by atoms with Gasteiger partial charge in [-0.25, -0.2) is 0 Å². The van der Waals surface area contributed by atoms with Gasteiger partial charge in [-0.1, -0.05) is 23.7 Å². The van der Waals surface area contributed by atoms with Crippen LogP contribution in [0.2, 0.25) is 5.02 Å². The number of carbonyl (C=O) groups excluding carboxylic acids is 1. The van der Waals surface area contributed by atoms with Crippen molar-refractivity contribution in [1.82, 2.24) is 10.6 Å². The molecular formula is C19H27ClN2O2. The summed E-state index contributed by atoms with van der Waals surface area (Å²) in [6, 6.07) is 8.76. The van der Waals surface area contributed by atoms with Crippen LogP contribution in [0.1, 0.15) is 50.7 Å². The smallest absolute Gasteiger partial charge is 0.220 e. The quantitative estimate of drug-likeness (QED) is 0.826. The highest BCUT2D eigenvalue weighted by molar-refractivity contribution is 6.30. The van der Waals surface area contributed by atoms with Gasteiger partial charge in [0.25, 0.3) is 0 Å². The molecule has 132 valence electrons. The first-order valence-electron chi connectivity index (χ1n) is 8.89. The summed E-state index contributed by atoms with van der Waals surface area (Å²) in [7, 11) is 1.67. The number of hydrogen-bond donors (Lipinski definition) is 2. The zero-order chi connectivity index (χ0) is 17.1. The Kier molecular flexibility index (Phi) is 5.80. The number of nitrogens with one attached hydrogen (secondary N) is 2. The van der Waals surface area contributed by atoms with Gasteiger partial charge in [-0.2, -0.15) is 0 Å². The lowest BCUT2D eigenvalue weighted by Crippen LogP contribution is -2.42. The fourth-order valence-corrected chi connectivity index (χ4v) is 4.40. The third-order valence-corrected chi connectivity index (χ3v) is 5.59. The predicted octanol–water partition coefficient (Wildman–Crippen LogP) is 3.45. The average Bonchev–Trinajstić information content (AvgIpc) is 2.88. The molecule has 2 bridgehead atoms. The minimum absolute atomic E-state index is 0.0814. The van der Waals surface area contributed by atoms with Crippen LogP contribution in [0.4, 0.5) is 0 Å². The maximum Gasteiger partial charge on any atom is 0.220 e. The molecule has 5 heteroatoms. The van der Waals surface area contributed by atoms with Gasteiger partial charge in [0.15, 0.2) is 0 Å². The SMILES string of the molecule is COC(c1ccc(Cl)cc1)C(C)NC(=O)CC1CC2CCC(C1)N2. The van der Waals surface area contributed by atoms with E-state index in [0.29, 0.717) is 29.4 Å². The molecule has 2 aliphatic rings. The van der Waals surface area contributed by atoms with Gasteiger partial charge in [-0.3, -0.25) is 4.79 Å². The van der Waals surface area contributed by atoms with Crippen LogP contribution in [0.5, 0.6) is 0 Å². The van der Waals surface area contributed by atoms with Crippen LogP contribution < -0.4 is 10.6 Å². The molecule has 4 atom stereocenters. The standard InChI is InChI=1S/C19H27ClN2O2/c1-12(19(24-2)14-3-5-15(20)6-4-14)21-18(23)11-13-9-16-7-8-17(10-13)22-16/h3-6,12-13,16-17,19,22H,7-11H2,1-2H3,(H,21,23). The number of amides is 1. The van der Waals surface area contributed by atoms with E-state index >= 15 is 0 Å². The highest BCUT2D eigenvalue weighted by Crippen LogP contribution is 2.32. The van der Waals surface area contributed by atoms with Crippen molar-refractivity contribution in [2.24, 2.45) is 5.92 Å². The lowest BCUT2D eigenvalue weighted by molar-refractivity contribution is -0.123. The maximum absolute atomic E-state index is 12.5. The van der Waals surface area contributed by atoms with E-state index in [1.807, 2.05) is 31.2 Å². The number of benzene rings is 1. The lowest BCUT2D eigenvalue weighted by atomic mass is 9.89. The van der Waals surface area contributed by atoms with E-state index in [4.69, 9.17) is 16.3 Å². The van der Waals surface area contributed by atoms with Crippen molar-refractivity contribution in [2.45, 2.75) is 63.3 Å². The summed E-state index contributed by atoms with van der Waals surface area (Å²) in [5.41, 5.74) is 1.02. The van der Waals surface area contributed by atoms with Crippen LogP contribution in [0.3, 0.4) is 0 Å². The Bertz CT molecular complexity index is 551. The second kappa shape index (κ2) is 7.85. The molecule has 24 heavy (non-hydrogen) atoms. The van der Waals surface area contributed by atoms with Crippen LogP contribution in [-0.2, 0) is 9.53 Å². The number of hydrogen-bond acceptors (Lipinski definition) is 3. The fraction of sp³-hybridized carbons (Fsp3) is 0.632. The summed E-state index contributed by atoms with van der Waals surface area (Å²) in [5, 5.41) is 7.45. The van der Waals surface area contributed by atoms with Crippen molar-refractivity contribution < 1.29 is 9.53 Å². The molecule has 0 spiro atoms. The molecule has 1 aromatic carbocycles. The molecule has 4 nitrogen and oxygen atoms in total. The van der Waals surface area contributed by atoms with Crippen LogP contribution in [0, 0.1) is 5.92 Å². The summed E-state index contributed by atoms with van der Waals surface area (Å²) in [5.74, 6) is 0.636. The first-order valence-corrected chi connectivity index (χ1v) is 9.26. The molecule has 0 aromatic heterocycles. The molecule has 0 saturated carbocycles. The molecule has 3 rings (SSSR count). The van der Waals surface area contributed by atoms with Gasteiger partial charge in [0, 0.05) is 30.6 Å². The number of methoxy groups -OCH3 is 1. The summed E-state index contributed by atoms with van der Waals surface area (Å²) in [6.07, 6.45) is 5.24. The largest absolute Gasteiger partial charge is 0.375 e. The number of ether oxygens (including phenoxy) is 1. The summed E-state index contributed by atoms with van der Waals surface area (Å²) in [4.78, 5) is 12.5. The third-order valence-electron chi connectivity index (χ3n) is 5.34. The summed E-state index contributed by atoms with van der Waals surface area (Å²) >= 11 is 5.94. The van der Waals surface area contributed by atoms with E-state index in [-0.39, 0.29) is 18.1 Å². The Morgan fingerprint density at radius 2 is 1.92 bits per heavy atom. The molecular weight excluding hydrogens is 324 g/mol. The van der Waals surface area contributed by atoms with E-state index in [1.165, 1.54) is 12.8 Å². The van der Waals surface area contributed by atoms with E-state index in [1.54, 1.807) is 7.11 Å². The maximum atomic E-state index is 12.5. The summed E-state index contributed by atoms with van der Waals surface area (Å²) in [6.45, 7) is 1.99. The number of piperidine rings is 1. The number of fused-ring (bicyclic) bond motifs is 2. The van der Waals surface area contributed by atoms with Crippen molar-refractivity contribution in [1.29, 1.82) is 0 Å². The number of rotatable bonds is 6. The Morgan fingerprint density at radius 1 is 1.29 bits per heavy atom. The highest BCUT2D eigenvalue weighted by atomic mass is 35.5. The molecule has 2 heterocycles. The Hall–Kier alpha value is -1.10. The van der Waals surface area contributed by atoms with Crippen LogP contribution in [0.15, 0.2) is 24.3 Å². The number of carbonyl (C=O) groups is 1. The van der Waals surface area contributed by atoms with E-state index < -0.39 is 0 Å². The van der Waals surface area contributed by atoms with Gasteiger partial charge < -0.3 is 15.4 Å². The summed E-state index contributed by atoms with van der Waals surface area (Å²) < 4.78 is 5.61. The Morgan fingerprint density at radius 3 is 2.50 bits per heavy atom. The third kappa shape index (κ3) is 4.29. The molecule has 0 radical (unpaired) electrons. The first-order chi connectivity index (χ1) is 11.5. The van der Waals surface area contributed by atoms with Gasteiger partial charge in [0.2, 0.25) is 5.91 Å². The minimum atomic E-state index is -0.171. The van der Waals surface area contributed by atoms with Gasteiger partial charge in [-0.15, -0.1) is 0 Å². The highest BCUT2D eigenvalue weighted by Gasteiger charge is 2.34. The van der Waals surface area contributed by atoms with Crippen molar-refractivity contribution in [2.75, 3.05) is 7.11 Å². The molecule has 2 saturated heterocycles. The van der Waals surface area contributed by atoms with E-state index in [9.17, 15) is 4.79 Å². The van der Waals surface area contributed by atoms with Gasteiger partial charge >= 0.3 is 0 Å². The first kappa shape index (κ1) is 17.7. The van der Waals surface area contributed by atoms with Crippen LogP contribution >= 0.6 is 11.6 Å². The monoisotopic (exact) mass is 350 g/mol. The number of halogens is 1. The lowest BCUT2D eigenvalue weighted by Gasteiger charge is -2.30. The zero-order valence-electron chi connectivity index (χ0n) is 14.4. The molecule has 4 unspecified atom stereocenters. The van der Waals surface area contributed by atoms with Gasteiger partial charge in [0.05, 0.1) is 6.04 Å². The van der Waals surface area contributed by atoms with Crippen molar-refractivity contribution in [3.05, 3.63) is 34.9 Å². The zero-order valence-corrected chi connectivity index (χ0v) is 15.2. The molecule has 2 fully saturated rings. The predicted molar refractivity (Wildman–Crippen MR) is 96.1 cm³/mol. The van der Waals surface area contributed by atoms with E-state index in [2.05, 4.69) is 10.6 Å². The minimum Gasteiger partial charge on any atom is -0.375 e. The van der Waals surface area contributed by atoms with Crippen molar-refractivity contribution >= 4 is 17.5 Å². The average molecular weight is 351 g/mol. The van der Waals surface area contributed by atoms with E-state index in [0.717, 1.165) is 18.4 Å². The Balaban J connectivity index is 1.53. The fourth-order valence-electron chi connectivity index (χ4n) is 4.27. The molecule has 2 aliphatic heterocycles. The van der Waals surface area contributed by atoms with Crippen LogP contribution in [0.25, 0.3) is 0 Å². The molecule has 0 aliphatic carbocycles. The van der Waals surface area contributed by atoms with Crippen LogP contribution in [-0.4, -0.2) is 31.1 Å². The van der Waals surface area contributed by atoms with Gasteiger partial charge in [0.1, 0.15) is 6.10 Å².